The van der Waals surface area contributed by atoms with Crippen molar-refractivity contribution < 1.29 is 0 Å². The molecule has 9 rings (SSSR count). The fourth-order valence-corrected chi connectivity index (χ4v) is 7.71. The van der Waals surface area contributed by atoms with Crippen LogP contribution in [0.5, 0.6) is 0 Å². The molecule has 0 fully saturated rings. The smallest absolute Gasteiger partial charge is 0.0720 e. The summed E-state index contributed by atoms with van der Waals surface area (Å²) in [5, 5.41) is 7.97. The van der Waals surface area contributed by atoms with Crippen LogP contribution >= 0.6 is 11.3 Å². The first-order valence-electron chi connectivity index (χ1n) is 12.4. The number of aromatic nitrogens is 1. The Morgan fingerprint density at radius 2 is 1.11 bits per heavy atom. The molecule has 0 bridgehead atoms. The van der Waals surface area contributed by atoms with Crippen molar-refractivity contribution in [2.45, 2.75) is 0 Å². The van der Waals surface area contributed by atoms with Gasteiger partial charge in [-0.2, -0.15) is 0 Å². The van der Waals surface area contributed by atoms with Gasteiger partial charge in [-0.25, -0.2) is 0 Å². The fourth-order valence-electron chi connectivity index (χ4n) is 6.47. The second-order valence-corrected chi connectivity index (χ2v) is 10.7. The highest BCUT2D eigenvalue weighted by molar-refractivity contribution is 7.26. The van der Waals surface area contributed by atoms with Gasteiger partial charge in [-0.15, -0.1) is 11.3 Å². The van der Waals surface area contributed by atoms with E-state index in [2.05, 4.69) is 120 Å². The first kappa shape index (κ1) is 18.9. The van der Waals surface area contributed by atoms with E-state index >= 15 is 0 Å². The van der Waals surface area contributed by atoms with E-state index in [-0.39, 0.29) is 0 Å². The number of para-hydroxylation sites is 1. The SMILES string of the molecule is c1ccc2c(c1)-c1cccc3c(-n4c5ccccc5c5ccc6c7ccccc7sc6c54)ccc-2c13. The van der Waals surface area contributed by atoms with Crippen LogP contribution in [0.3, 0.4) is 0 Å². The van der Waals surface area contributed by atoms with Crippen molar-refractivity contribution in [3.8, 4) is 27.9 Å². The third-order valence-corrected chi connectivity index (χ3v) is 9.14. The molecule has 8 aromatic rings. The number of hydrogen-bond acceptors (Lipinski definition) is 1. The number of rotatable bonds is 1. The van der Waals surface area contributed by atoms with Crippen molar-refractivity contribution in [3.63, 3.8) is 0 Å². The van der Waals surface area contributed by atoms with Crippen LogP contribution in [0.2, 0.25) is 0 Å². The van der Waals surface area contributed by atoms with Gasteiger partial charge >= 0.3 is 0 Å². The molecule has 0 atom stereocenters. The van der Waals surface area contributed by atoms with Crippen LogP contribution in [0.1, 0.15) is 0 Å². The molecule has 0 spiro atoms. The van der Waals surface area contributed by atoms with Crippen molar-refractivity contribution in [2.24, 2.45) is 0 Å². The van der Waals surface area contributed by atoms with E-state index in [1.807, 2.05) is 11.3 Å². The Labute approximate surface area is 211 Å². The van der Waals surface area contributed by atoms with Gasteiger partial charge in [0.2, 0.25) is 0 Å². The Hall–Kier alpha value is -4.40. The summed E-state index contributed by atoms with van der Waals surface area (Å²) in [7, 11) is 0. The Morgan fingerprint density at radius 3 is 2.00 bits per heavy atom. The van der Waals surface area contributed by atoms with Gasteiger partial charge in [0, 0.05) is 31.6 Å². The van der Waals surface area contributed by atoms with Crippen molar-refractivity contribution in [1.29, 1.82) is 0 Å². The quantitative estimate of drug-likeness (QED) is 0.223. The van der Waals surface area contributed by atoms with Crippen LogP contribution in [0.25, 0.3) is 80.7 Å². The molecular weight excluding hydrogens is 454 g/mol. The van der Waals surface area contributed by atoms with Crippen molar-refractivity contribution in [3.05, 3.63) is 115 Å². The molecule has 0 unspecified atom stereocenters. The Balaban J connectivity index is 1.50. The Morgan fingerprint density at radius 1 is 0.444 bits per heavy atom. The molecule has 2 heteroatoms. The van der Waals surface area contributed by atoms with Gasteiger partial charge in [0.1, 0.15) is 0 Å². The van der Waals surface area contributed by atoms with Crippen LogP contribution in [0.4, 0.5) is 0 Å². The van der Waals surface area contributed by atoms with Gasteiger partial charge in [0.15, 0.2) is 0 Å². The zero-order valence-corrected chi connectivity index (χ0v) is 20.1. The lowest BCUT2D eigenvalue weighted by molar-refractivity contribution is 1.21. The molecule has 166 valence electrons. The van der Waals surface area contributed by atoms with Crippen molar-refractivity contribution in [2.75, 3.05) is 0 Å². The number of benzene rings is 6. The first-order valence-corrected chi connectivity index (χ1v) is 13.2. The average molecular weight is 474 g/mol. The monoisotopic (exact) mass is 473 g/mol. The standard InChI is InChI=1S/C34H19NS/c1-2-9-21-20(8-1)24-12-7-13-28-30(19-18-25(21)32(24)28)35-29-14-5-3-10-22(29)26-16-17-27-23-11-4-6-15-31(23)36-34(27)33(26)35/h1-19H. The normalized spacial score (nSPS) is 12.4. The van der Waals surface area contributed by atoms with Crippen LogP contribution in [-0.2, 0) is 0 Å². The first-order chi connectivity index (χ1) is 17.9. The molecule has 36 heavy (non-hydrogen) atoms. The van der Waals surface area contributed by atoms with Crippen LogP contribution < -0.4 is 0 Å². The van der Waals surface area contributed by atoms with E-state index in [0.29, 0.717) is 0 Å². The predicted octanol–water partition coefficient (Wildman–Crippen LogP) is 9.95. The number of nitrogens with zero attached hydrogens (tertiary/aromatic N) is 1. The van der Waals surface area contributed by atoms with E-state index in [1.165, 1.54) is 80.7 Å². The highest BCUT2D eigenvalue weighted by Crippen LogP contribution is 2.50. The zero-order chi connectivity index (χ0) is 23.4. The summed E-state index contributed by atoms with van der Waals surface area (Å²) in [6.07, 6.45) is 0. The van der Waals surface area contributed by atoms with Crippen LogP contribution in [0, 0.1) is 0 Å². The maximum absolute atomic E-state index is 2.52. The van der Waals surface area contributed by atoms with E-state index in [4.69, 9.17) is 0 Å². The number of thiophene rings is 1. The van der Waals surface area contributed by atoms with Gasteiger partial charge in [0.25, 0.3) is 0 Å². The third-order valence-electron chi connectivity index (χ3n) is 7.95. The summed E-state index contributed by atoms with van der Waals surface area (Å²) < 4.78 is 5.22. The Kier molecular flexibility index (Phi) is 3.47. The van der Waals surface area contributed by atoms with Crippen LogP contribution in [-0.4, -0.2) is 4.57 Å². The van der Waals surface area contributed by atoms with E-state index in [9.17, 15) is 0 Å². The number of fused-ring (bicyclic) bond motifs is 10. The molecule has 1 aliphatic carbocycles. The number of hydrogen-bond donors (Lipinski definition) is 0. The molecule has 1 aliphatic rings. The minimum absolute atomic E-state index is 1.25. The topological polar surface area (TPSA) is 4.93 Å². The summed E-state index contributed by atoms with van der Waals surface area (Å²) in [4.78, 5) is 0. The van der Waals surface area contributed by atoms with E-state index in [0.717, 1.165) is 0 Å². The lowest BCUT2D eigenvalue weighted by atomic mass is 10.0. The van der Waals surface area contributed by atoms with E-state index in [1.54, 1.807) is 0 Å². The molecular formula is C34H19NS. The Bertz CT molecular complexity index is 2180. The predicted molar refractivity (Wildman–Crippen MR) is 156 cm³/mol. The fraction of sp³-hybridized carbons (Fsp3) is 0. The third kappa shape index (κ3) is 2.21. The summed E-state index contributed by atoms with van der Waals surface area (Å²) in [6.45, 7) is 0. The molecule has 2 aromatic heterocycles. The van der Waals surface area contributed by atoms with Crippen molar-refractivity contribution in [1.82, 2.24) is 4.57 Å². The van der Waals surface area contributed by atoms with Gasteiger partial charge in [-0.3, -0.25) is 0 Å². The highest BCUT2D eigenvalue weighted by Gasteiger charge is 2.24. The molecule has 0 N–H and O–H groups in total. The maximum Gasteiger partial charge on any atom is 0.0720 e. The largest absolute Gasteiger partial charge is 0.307 e. The molecule has 2 heterocycles. The summed E-state index contributed by atoms with van der Waals surface area (Å²) >= 11 is 1.91. The lowest BCUT2D eigenvalue weighted by Crippen LogP contribution is -1.96. The zero-order valence-electron chi connectivity index (χ0n) is 19.3. The molecule has 6 aromatic carbocycles. The highest BCUT2D eigenvalue weighted by atomic mass is 32.1. The van der Waals surface area contributed by atoms with Crippen molar-refractivity contribution >= 4 is 64.1 Å². The lowest BCUT2D eigenvalue weighted by Gasteiger charge is -2.13. The molecule has 1 nitrogen and oxygen atoms in total. The minimum atomic E-state index is 1.25. The van der Waals surface area contributed by atoms with Crippen LogP contribution in [0.15, 0.2) is 115 Å². The molecule has 0 amide bonds. The van der Waals surface area contributed by atoms with Gasteiger partial charge in [-0.1, -0.05) is 97.1 Å². The van der Waals surface area contributed by atoms with Gasteiger partial charge in [0.05, 0.1) is 21.4 Å². The van der Waals surface area contributed by atoms with Gasteiger partial charge < -0.3 is 4.57 Å². The maximum atomic E-state index is 2.52. The molecule has 0 radical (unpaired) electrons. The summed E-state index contributed by atoms with van der Waals surface area (Å²) in [6, 6.07) is 42.6. The molecule has 0 aliphatic heterocycles. The minimum Gasteiger partial charge on any atom is -0.307 e. The molecule has 0 saturated heterocycles. The second kappa shape index (κ2) is 6.63. The second-order valence-electron chi connectivity index (χ2n) is 9.70. The summed E-state index contributed by atoms with van der Waals surface area (Å²) in [5.74, 6) is 0. The molecule has 0 saturated carbocycles. The summed E-state index contributed by atoms with van der Waals surface area (Å²) in [5.41, 5.74) is 9.17. The van der Waals surface area contributed by atoms with Gasteiger partial charge in [-0.05, 0) is 45.8 Å². The van der Waals surface area contributed by atoms with E-state index < -0.39 is 0 Å². The average Bonchev–Trinajstić information content (AvgIpc) is 3.58.